The lowest BCUT2D eigenvalue weighted by molar-refractivity contribution is -0.385. The summed E-state index contributed by atoms with van der Waals surface area (Å²) in [6.45, 7) is 5.24. The van der Waals surface area contributed by atoms with Crippen molar-refractivity contribution in [3.05, 3.63) is 68.8 Å². The highest BCUT2D eigenvalue weighted by atomic mass is 16.6. The molecule has 2 heterocycles. The van der Waals surface area contributed by atoms with E-state index in [0.717, 1.165) is 11.8 Å². The summed E-state index contributed by atoms with van der Waals surface area (Å²) in [7, 11) is 1.33. The number of hydrogen-bond donors (Lipinski definition) is 1. The minimum absolute atomic E-state index is 0.141. The predicted octanol–water partition coefficient (Wildman–Crippen LogP) is 2.39. The molecule has 1 N–H and O–H groups in total. The van der Waals surface area contributed by atoms with E-state index in [0.29, 0.717) is 34.9 Å². The summed E-state index contributed by atoms with van der Waals surface area (Å²) in [6.07, 6.45) is 1.12. The Bertz CT molecular complexity index is 1160. The largest absolute Gasteiger partial charge is 0.465 e. The van der Waals surface area contributed by atoms with Crippen LogP contribution < -0.4 is 5.32 Å². The second-order valence-corrected chi connectivity index (χ2v) is 6.93. The van der Waals surface area contributed by atoms with Crippen LogP contribution in [0.3, 0.4) is 0 Å². The molecule has 3 rings (SSSR count). The number of rotatable bonds is 7. The fraction of sp³-hybridized carbons (Fsp3) is 0.300. The fourth-order valence-electron chi connectivity index (χ4n) is 3.25. The number of aryl methyl sites for hydroxylation is 1. The number of hydrogen-bond acceptors (Lipinski definition) is 7. The molecule has 0 spiro atoms. The fourth-order valence-corrected chi connectivity index (χ4v) is 3.25. The van der Waals surface area contributed by atoms with Gasteiger partial charge in [-0.15, -0.1) is 0 Å². The van der Waals surface area contributed by atoms with Crippen LogP contribution in [0.25, 0.3) is 0 Å². The molecule has 0 aliphatic carbocycles. The van der Waals surface area contributed by atoms with Crippen molar-refractivity contribution in [1.82, 2.24) is 19.6 Å². The van der Waals surface area contributed by atoms with E-state index in [2.05, 4.69) is 15.5 Å². The molecule has 1 amide bonds. The Morgan fingerprint density at radius 2 is 1.87 bits per heavy atom. The van der Waals surface area contributed by atoms with E-state index in [1.54, 1.807) is 30.7 Å². The van der Waals surface area contributed by atoms with Gasteiger partial charge >= 0.3 is 11.7 Å². The van der Waals surface area contributed by atoms with Crippen LogP contribution in [0.1, 0.15) is 33.0 Å². The van der Waals surface area contributed by atoms with Gasteiger partial charge in [0.15, 0.2) is 0 Å². The average Bonchev–Trinajstić information content (AvgIpc) is 3.22. The Morgan fingerprint density at radius 1 is 1.16 bits per heavy atom. The van der Waals surface area contributed by atoms with Crippen molar-refractivity contribution in [2.75, 3.05) is 12.4 Å². The van der Waals surface area contributed by atoms with E-state index in [1.165, 1.54) is 18.7 Å². The molecule has 11 nitrogen and oxygen atoms in total. The molecule has 0 bridgehead atoms. The Morgan fingerprint density at radius 3 is 2.52 bits per heavy atom. The zero-order valence-corrected chi connectivity index (χ0v) is 17.6. The van der Waals surface area contributed by atoms with Crippen molar-refractivity contribution >= 4 is 23.3 Å². The molecule has 0 radical (unpaired) electrons. The molecule has 11 heteroatoms. The van der Waals surface area contributed by atoms with Gasteiger partial charge in [-0.2, -0.15) is 10.2 Å². The number of nitro groups is 1. The van der Waals surface area contributed by atoms with E-state index in [-0.39, 0.29) is 18.1 Å². The Labute approximate surface area is 177 Å². The van der Waals surface area contributed by atoms with E-state index >= 15 is 0 Å². The van der Waals surface area contributed by atoms with Crippen LogP contribution in [0, 0.1) is 30.9 Å². The maximum Gasteiger partial charge on any atom is 0.338 e. The van der Waals surface area contributed by atoms with Crippen LogP contribution >= 0.6 is 0 Å². The van der Waals surface area contributed by atoms with Gasteiger partial charge in [0.25, 0.3) is 0 Å². The molecular weight excluding hydrogens is 404 g/mol. The van der Waals surface area contributed by atoms with Gasteiger partial charge < -0.3 is 10.1 Å². The molecule has 1 aromatic carbocycles. The van der Waals surface area contributed by atoms with Gasteiger partial charge in [-0.05, 0) is 32.4 Å². The maximum absolute atomic E-state index is 12.5. The van der Waals surface area contributed by atoms with E-state index < -0.39 is 10.9 Å². The molecule has 0 unspecified atom stereocenters. The summed E-state index contributed by atoms with van der Waals surface area (Å²) in [5, 5.41) is 22.1. The van der Waals surface area contributed by atoms with Crippen LogP contribution in [-0.4, -0.2) is 43.5 Å². The molecule has 162 valence electrons. The molecule has 0 saturated heterocycles. The number of methoxy groups -OCH3 is 1. The number of aromatic nitrogens is 4. The van der Waals surface area contributed by atoms with Crippen LogP contribution in [0.2, 0.25) is 0 Å². The Balaban J connectivity index is 1.79. The topological polar surface area (TPSA) is 134 Å². The van der Waals surface area contributed by atoms with E-state index in [1.807, 2.05) is 12.1 Å². The second kappa shape index (κ2) is 8.78. The molecule has 0 fully saturated rings. The SMILES string of the molecule is COC(=O)c1ccccc1Cn1nc(C)c(NC(=O)Cn2ncc([N+](=O)[O-])c2C)c1C. The summed E-state index contributed by atoms with van der Waals surface area (Å²) in [6, 6.07) is 7.07. The normalized spacial score (nSPS) is 10.7. The van der Waals surface area contributed by atoms with Gasteiger partial charge in [0, 0.05) is 0 Å². The lowest BCUT2D eigenvalue weighted by Gasteiger charge is -2.10. The number of nitrogens with zero attached hydrogens (tertiary/aromatic N) is 5. The zero-order chi connectivity index (χ0) is 22.7. The highest BCUT2D eigenvalue weighted by Crippen LogP contribution is 2.22. The molecule has 0 aliphatic rings. The molecule has 3 aromatic rings. The quantitative estimate of drug-likeness (QED) is 0.348. The van der Waals surface area contributed by atoms with Crippen molar-refractivity contribution in [3.8, 4) is 0 Å². The zero-order valence-electron chi connectivity index (χ0n) is 17.6. The summed E-state index contributed by atoms with van der Waals surface area (Å²) in [5.41, 5.74) is 3.18. The van der Waals surface area contributed by atoms with Crippen molar-refractivity contribution < 1.29 is 19.2 Å². The number of nitrogens with one attached hydrogen (secondary N) is 1. The summed E-state index contributed by atoms with van der Waals surface area (Å²) in [5.74, 6) is -0.823. The van der Waals surface area contributed by atoms with Crippen LogP contribution in [0.15, 0.2) is 30.5 Å². The number of amides is 1. The first-order valence-corrected chi connectivity index (χ1v) is 9.39. The van der Waals surface area contributed by atoms with Crippen molar-refractivity contribution in [2.45, 2.75) is 33.9 Å². The second-order valence-electron chi connectivity index (χ2n) is 6.93. The van der Waals surface area contributed by atoms with Crippen LogP contribution in [0.4, 0.5) is 11.4 Å². The molecule has 0 aliphatic heterocycles. The Hall–Kier alpha value is -4.02. The number of anilines is 1. The summed E-state index contributed by atoms with van der Waals surface area (Å²) in [4.78, 5) is 35.0. The molecule has 2 aromatic heterocycles. The summed E-state index contributed by atoms with van der Waals surface area (Å²) < 4.78 is 7.80. The lowest BCUT2D eigenvalue weighted by Crippen LogP contribution is -2.21. The first-order chi connectivity index (χ1) is 14.7. The van der Waals surface area contributed by atoms with Gasteiger partial charge in [-0.3, -0.25) is 24.3 Å². The number of carbonyl (C=O) groups excluding carboxylic acids is 2. The third kappa shape index (κ3) is 4.44. The van der Waals surface area contributed by atoms with Crippen molar-refractivity contribution in [3.63, 3.8) is 0 Å². The minimum atomic E-state index is -0.540. The van der Waals surface area contributed by atoms with Crippen molar-refractivity contribution in [1.29, 1.82) is 0 Å². The van der Waals surface area contributed by atoms with E-state index in [4.69, 9.17) is 4.74 Å². The van der Waals surface area contributed by atoms with Gasteiger partial charge in [-0.1, -0.05) is 18.2 Å². The number of ether oxygens (including phenoxy) is 1. The van der Waals surface area contributed by atoms with Crippen LogP contribution in [0.5, 0.6) is 0 Å². The molecule has 0 saturated carbocycles. The van der Waals surface area contributed by atoms with Gasteiger partial charge in [0.2, 0.25) is 5.91 Å². The molecular formula is C20H22N6O5. The van der Waals surface area contributed by atoms with Gasteiger partial charge in [-0.25, -0.2) is 4.79 Å². The average molecular weight is 426 g/mol. The van der Waals surface area contributed by atoms with E-state index in [9.17, 15) is 19.7 Å². The lowest BCUT2D eigenvalue weighted by atomic mass is 10.1. The predicted molar refractivity (Wildman–Crippen MR) is 111 cm³/mol. The highest BCUT2D eigenvalue weighted by molar-refractivity contribution is 5.92. The number of benzene rings is 1. The molecule has 31 heavy (non-hydrogen) atoms. The number of esters is 1. The third-order valence-corrected chi connectivity index (χ3v) is 4.96. The monoisotopic (exact) mass is 426 g/mol. The maximum atomic E-state index is 12.5. The number of carbonyl (C=O) groups is 2. The van der Waals surface area contributed by atoms with Crippen molar-refractivity contribution in [2.24, 2.45) is 0 Å². The molecule has 0 atom stereocenters. The first-order valence-electron chi connectivity index (χ1n) is 9.39. The third-order valence-electron chi connectivity index (χ3n) is 4.96. The minimum Gasteiger partial charge on any atom is -0.465 e. The highest BCUT2D eigenvalue weighted by Gasteiger charge is 2.20. The standard InChI is InChI=1S/C20H22N6O5/c1-12-19(22-18(27)11-24-13(2)17(9-21-24)26(29)30)14(3)25(23-12)10-15-7-5-6-8-16(15)20(28)31-4/h5-9H,10-11H2,1-4H3,(H,22,27). The van der Waals surface area contributed by atoms with Gasteiger partial charge in [0.05, 0.1) is 41.2 Å². The summed E-state index contributed by atoms with van der Waals surface area (Å²) >= 11 is 0. The van der Waals surface area contributed by atoms with Gasteiger partial charge in [0.1, 0.15) is 18.4 Å². The van der Waals surface area contributed by atoms with Crippen LogP contribution in [-0.2, 0) is 22.6 Å². The Kier molecular flexibility index (Phi) is 6.14. The first kappa shape index (κ1) is 21.7. The smallest absolute Gasteiger partial charge is 0.338 e.